The van der Waals surface area contributed by atoms with Crippen molar-refractivity contribution in [1.29, 1.82) is 0 Å². The van der Waals surface area contributed by atoms with Crippen LogP contribution in [0.4, 0.5) is 0 Å². The van der Waals surface area contributed by atoms with Crippen molar-refractivity contribution in [3.05, 3.63) is 12.7 Å². The maximum Gasteiger partial charge on any atom is 0.153 e. The van der Waals surface area contributed by atoms with Gasteiger partial charge in [-0.2, -0.15) is 0 Å². The van der Waals surface area contributed by atoms with Gasteiger partial charge in [-0.15, -0.1) is 6.58 Å². The first-order valence-electron chi connectivity index (χ1n) is 3.04. The van der Waals surface area contributed by atoms with Crippen LogP contribution in [0.1, 0.15) is 6.42 Å². The largest absolute Gasteiger partial charge is 0.385 e. The Morgan fingerprint density at radius 3 is 2.40 bits per heavy atom. The molecule has 1 N–H and O–H groups in total. The highest BCUT2D eigenvalue weighted by atomic mass is 32.2. The van der Waals surface area contributed by atoms with Crippen LogP contribution in [0.2, 0.25) is 0 Å². The second kappa shape index (κ2) is 2.07. The minimum Gasteiger partial charge on any atom is -0.385 e. The highest BCUT2D eigenvalue weighted by Gasteiger charge is 2.37. The van der Waals surface area contributed by atoms with Gasteiger partial charge in [-0.05, 0) is 6.42 Å². The Balaban J connectivity index is 2.86. The van der Waals surface area contributed by atoms with Crippen LogP contribution in [0.3, 0.4) is 0 Å². The van der Waals surface area contributed by atoms with Gasteiger partial charge < -0.3 is 5.11 Å². The Hall–Kier alpha value is -0.350. The molecule has 1 saturated heterocycles. The summed E-state index contributed by atoms with van der Waals surface area (Å²) in [6.45, 7) is 3.37. The molecule has 58 valence electrons. The fourth-order valence-electron chi connectivity index (χ4n) is 1.02. The second-order valence-corrected chi connectivity index (χ2v) is 4.83. The summed E-state index contributed by atoms with van der Waals surface area (Å²) in [7, 11) is -2.99. The molecule has 1 atom stereocenters. The standard InChI is InChI=1S/C6H10O3S/c1-2-6(7)3-4-10(8,9)5-6/h2,7H,1,3-5H2. The van der Waals surface area contributed by atoms with Crippen molar-refractivity contribution in [3.8, 4) is 0 Å². The molecule has 1 rings (SSSR count). The van der Waals surface area contributed by atoms with Gasteiger partial charge in [-0.3, -0.25) is 0 Å². The molecule has 0 spiro atoms. The first kappa shape index (κ1) is 7.75. The Bertz CT molecular complexity index is 242. The summed E-state index contributed by atoms with van der Waals surface area (Å²) in [5.74, 6) is -0.0843. The average Bonchev–Trinajstić information content (AvgIpc) is 2.08. The van der Waals surface area contributed by atoms with Gasteiger partial charge in [0.15, 0.2) is 9.84 Å². The van der Waals surface area contributed by atoms with Crippen LogP contribution in [-0.2, 0) is 9.84 Å². The highest BCUT2D eigenvalue weighted by molar-refractivity contribution is 7.91. The third-order valence-corrected chi connectivity index (χ3v) is 3.46. The van der Waals surface area contributed by atoms with Gasteiger partial charge in [0.25, 0.3) is 0 Å². The molecule has 0 aliphatic carbocycles. The van der Waals surface area contributed by atoms with Crippen molar-refractivity contribution in [2.24, 2.45) is 0 Å². The van der Waals surface area contributed by atoms with Crippen LogP contribution in [0, 0.1) is 0 Å². The van der Waals surface area contributed by atoms with E-state index >= 15 is 0 Å². The molecular weight excluding hydrogens is 152 g/mol. The third-order valence-electron chi connectivity index (χ3n) is 1.70. The van der Waals surface area contributed by atoms with Gasteiger partial charge in [0.2, 0.25) is 0 Å². The smallest absolute Gasteiger partial charge is 0.153 e. The fourth-order valence-corrected chi connectivity index (χ4v) is 2.85. The zero-order chi connectivity index (χ0) is 7.83. The molecule has 3 nitrogen and oxygen atoms in total. The Kier molecular flexibility index (Phi) is 1.60. The zero-order valence-corrected chi connectivity index (χ0v) is 6.39. The SMILES string of the molecule is C=CC1(O)CCS(=O)(=O)C1. The van der Waals surface area contributed by atoms with Crippen molar-refractivity contribution in [2.75, 3.05) is 11.5 Å². The summed E-state index contributed by atoms with van der Waals surface area (Å²) in [5.41, 5.74) is -1.15. The van der Waals surface area contributed by atoms with Crippen LogP contribution in [-0.4, -0.2) is 30.6 Å². The van der Waals surface area contributed by atoms with Crippen molar-refractivity contribution in [3.63, 3.8) is 0 Å². The van der Waals surface area contributed by atoms with E-state index in [1.807, 2.05) is 0 Å². The van der Waals surface area contributed by atoms with Crippen LogP contribution >= 0.6 is 0 Å². The average molecular weight is 162 g/mol. The van der Waals surface area contributed by atoms with Gasteiger partial charge in [0.05, 0.1) is 17.1 Å². The molecule has 0 aromatic heterocycles. The van der Waals surface area contributed by atoms with Crippen LogP contribution < -0.4 is 0 Å². The van der Waals surface area contributed by atoms with E-state index in [9.17, 15) is 13.5 Å². The molecule has 1 aliphatic heterocycles. The molecule has 1 unspecified atom stereocenters. The van der Waals surface area contributed by atoms with Gasteiger partial charge in [-0.25, -0.2) is 8.42 Å². The summed E-state index contributed by atoms with van der Waals surface area (Å²) in [6.07, 6.45) is 1.59. The van der Waals surface area contributed by atoms with Crippen molar-refractivity contribution in [2.45, 2.75) is 12.0 Å². The van der Waals surface area contributed by atoms with E-state index in [-0.39, 0.29) is 11.5 Å². The van der Waals surface area contributed by atoms with Crippen molar-refractivity contribution >= 4 is 9.84 Å². The van der Waals surface area contributed by atoms with E-state index in [4.69, 9.17) is 0 Å². The first-order valence-corrected chi connectivity index (χ1v) is 4.86. The molecule has 1 heterocycles. The Morgan fingerprint density at radius 2 is 2.20 bits per heavy atom. The van der Waals surface area contributed by atoms with Gasteiger partial charge in [0, 0.05) is 0 Å². The summed E-state index contributed by atoms with van der Waals surface area (Å²) >= 11 is 0. The van der Waals surface area contributed by atoms with E-state index in [1.54, 1.807) is 0 Å². The van der Waals surface area contributed by atoms with E-state index in [0.29, 0.717) is 6.42 Å². The lowest BCUT2D eigenvalue weighted by Crippen LogP contribution is -2.26. The molecule has 1 fully saturated rings. The summed E-state index contributed by atoms with van der Waals surface area (Å²) in [6, 6.07) is 0. The van der Waals surface area contributed by atoms with E-state index < -0.39 is 15.4 Å². The number of sulfone groups is 1. The van der Waals surface area contributed by atoms with Crippen LogP contribution in [0.25, 0.3) is 0 Å². The molecule has 1 aliphatic rings. The van der Waals surface area contributed by atoms with Gasteiger partial charge >= 0.3 is 0 Å². The molecule has 0 radical (unpaired) electrons. The molecule has 0 aromatic rings. The highest BCUT2D eigenvalue weighted by Crippen LogP contribution is 2.23. The minimum absolute atomic E-state index is 0.0789. The van der Waals surface area contributed by atoms with Gasteiger partial charge in [0.1, 0.15) is 0 Å². The number of hydrogen-bond donors (Lipinski definition) is 1. The molecule has 0 amide bonds. The lowest BCUT2D eigenvalue weighted by atomic mass is 10.1. The maximum absolute atomic E-state index is 10.8. The Labute approximate surface area is 60.3 Å². The van der Waals surface area contributed by atoms with Crippen molar-refractivity contribution < 1.29 is 13.5 Å². The van der Waals surface area contributed by atoms with E-state index in [0.717, 1.165) is 0 Å². The molecule has 0 bridgehead atoms. The summed E-state index contributed by atoms with van der Waals surface area (Å²) in [5, 5.41) is 9.34. The second-order valence-electron chi connectivity index (χ2n) is 2.65. The molecular formula is C6H10O3S. The maximum atomic E-state index is 10.8. The molecule has 0 saturated carbocycles. The lowest BCUT2D eigenvalue weighted by molar-refractivity contribution is 0.120. The number of rotatable bonds is 1. The van der Waals surface area contributed by atoms with Crippen LogP contribution in [0.5, 0.6) is 0 Å². The summed E-state index contributed by atoms with van der Waals surface area (Å²) in [4.78, 5) is 0. The fraction of sp³-hybridized carbons (Fsp3) is 0.667. The van der Waals surface area contributed by atoms with Gasteiger partial charge in [-0.1, -0.05) is 6.08 Å². The van der Waals surface area contributed by atoms with E-state index in [2.05, 4.69) is 6.58 Å². The quantitative estimate of drug-likeness (QED) is 0.540. The molecule has 0 aromatic carbocycles. The monoisotopic (exact) mass is 162 g/mol. The van der Waals surface area contributed by atoms with Crippen molar-refractivity contribution in [1.82, 2.24) is 0 Å². The topological polar surface area (TPSA) is 54.4 Å². The Morgan fingerprint density at radius 1 is 1.60 bits per heavy atom. The predicted octanol–water partition coefficient (Wildman–Crippen LogP) is -0.278. The molecule has 4 heteroatoms. The van der Waals surface area contributed by atoms with E-state index in [1.165, 1.54) is 6.08 Å². The number of hydrogen-bond acceptors (Lipinski definition) is 3. The number of aliphatic hydroxyl groups is 1. The molecule has 10 heavy (non-hydrogen) atoms. The first-order chi connectivity index (χ1) is 4.47. The third kappa shape index (κ3) is 1.38. The van der Waals surface area contributed by atoms with Crippen LogP contribution in [0.15, 0.2) is 12.7 Å². The predicted molar refractivity (Wildman–Crippen MR) is 38.4 cm³/mol. The summed E-state index contributed by atoms with van der Waals surface area (Å²) < 4.78 is 21.6. The normalized spacial score (nSPS) is 37.7. The zero-order valence-electron chi connectivity index (χ0n) is 5.58. The minimum atomic E-state index is -2.99. The lowest BCUT2D eigenvalue weighted by Gasteiger charge is -2.12.